The quantitative estimate of drug-likeness (QED) is 0.320. The highest BCUT2D eigenvalue weighted by Crippen LogP contribution is 2.37. The second kappa shape index (κ2) is 11.0. The molecule has 0 aromatic heterocycles. The molecule has 0 amide bonds. The zero-order valence-electron chi connectivity index (χ0n) is 20.4. The Kier molecular flexibility index (Phi) is 7.82. The fourth-order valence-electron chi connectivity index (χ4n) is 5.10. The van der Waals surface area contributed by atoms with Gasteiger partial charge in [0.05, 0.1) is 0 Å². The standard InChI is InChI=1S/C31H34F2O/c1-4-6-18-34-29-20-27-17-16-26(19-28(27)30(32)31(29)33)21(3)23-12-14-25(15-13-23)24-10-8-22(7-5-2)9-11-24/h4-7,12-17,19-22,24H,8-11,18H2,1-3H3/b6-4+,7-5+. The van der Waals surface area contributed by atoms with Crippen LogP contribution in [0.4, 0.5) is 8.78 Å². The molecule has 0 radical (unpaired) electrons. The molecule has 1 aliphatic carbocycles. The predicted octanol–water partition coefficient (Wildman–Crippen LogP) is 9.07. The van der Waals surface area contributed by atoms with Crippen molar-refractivity contribution in [2.75, 3.05) is 6.61 Å². The van der Waals surface area contributed by atoms with E-state index >= 15 is 0 Å². The lowest BCUT2D eigenvalue weighted by Gasteiger charge is -2.27. The molecule has 1 fully saturated rings. The summed E-state index contributed by atoms with van der Waals surface area (Å²) in [7, 11) is 0. The van der Waals surface area contributed by atoms with Gasteiger partial charge < -0.3 is 4.74 Å². The fraction of sp³-hybridized carbons (Fsp3) is 0.355. The smallest absolute Gasteiger partial charge is 0.201 e. The van der Waals surface area contributed by atoms with Crippen LogP contribution in [-0.4, -0.2) is 6.61 Å². The third kappa shape index (κ3) is 5.24. The van der Waals surface area contributed by atoms with E-state index in [9.17, 15) is 8.78 Å². The Morgan fingerprint density at radius 2 is 1.59 bits per heavy atom. The van der Waals surface area contributed by atoms with Crippen molar-refractivity contribution in [3.8, 4) is 5.75 Å². The second-order valence-electron chi connectivity index (χ2n) is 9.39. The molecule has 0 aliphatic heterocycles. The van der Waals surface area contributed by atoms with Crippen molar-refractivity contribution in [3.63, 3.8) is 0 Å². The number of ether oxygens (including phenoxy) is 1. The van der Waals surface area contributed by atoms with E-state index in [4.69, 9.17) is 4.74 Å². The number of allylic oxidation sites excluding steroid dienone is 3. The Balaban J connectivity index is 1.51. The summed E-state index contributed by atoms with van der Waals surface area (Å²) in [4.78, 5) is 0. The molecule has 34 heavy (non-hydrogen) atoms. The first kappa shape index (κ1) is 24.2. The van der Waals surface area contributed by atoms with E-state index in [2.05, 4.69) is 50.3 Å². The van der Waals surface area contributed by atoms with Gasteiger partial charge >= 0.3 is 0 Å². The van der Waals surface area contributed by atoms with Gasteiger partial charge in [-0.15, -0.1) is 0 Å². The van der Waals surface area contributed by atoms with Crippen LogP contribution in [0.25, 0.3) is 10.8 Å². The van der Waals surface area contributed by atoms with Crippen LogP contribution in [-0.2, 0) is 0 Å². The molecule has 0 saturated heterocycles. The summed E-state index contributed by atoms with van der Waals surface area (Å²) in [6.07, 6.45) is 13.1. The monoisotopic (exact) mass is 460 g/mol. The highest BCUT2D eigenvalue weighted by atomic mass is 19.2. The Morgan fingerprint density at radius 1 is 0.882 bits per heavy atom. The fourth-order valence-corrected chi connectivity index (χ4v) is 5.10. The number of hydrogen-bond acceptors (Lipinski definition) is 1. The van der Waals surface area contributed by atoms with Crippen molar-refractivity contribution in [1.82, 2.24) is 0 Å². The predicted molar refractivity (Wildman–Crippen MR) is 138 cm³/mol. The summed E-state index contributed by atoms with van der Waals surface area (Å²) >= 11 is 0. The first-order valence-electron chi connectivity index (χ1n) is 12.4. The molecule has 3 heteroatoms. The largest absolute Gasteiger partial charge is 0.486 e. The van der Waals surface area contributed by atoms with Gasteiger partial charge in [0.25, 0.3) is 0 Å². The van der Waals surface area contributed by atoms with Gasteiger partial charge in [0, 0.05) is 11.3 Å². The summed E-state index contributed by atoms with van der Waals surface area (Å²) in [6.45, 7) is 6.28. The molecule has 4 rings (SSSR count). The molecule has 0 heterocycles. The zero-order valence-corrected chi connectivity index (χ0v) is 20.4. The lowest BCUT2D eigenvalue weighted by atomic mass is 9.78. The maximum absolute atomic E-state index is 14.9. The molecule has 1 saturated carbocycles. The van der Waals surface area contributed by atoms with Crippen LogP contribution in [0, 0.1) is 17.6 Å². The van der Waals surface area contributed by atoms with Gasteiger partial charge in [-0.1, -0.05) is 67.6 Å². The molecule has 0 spiro atoms. The summed E-state index contributed by atoms with van der Waals surface area (Å²) in [5.74, 6) is -0.403. The number of fused-ring (bicyclic) bond motifs is 1. The van der Waals surface area contributed by atoms with E-state index in [1.165, 1.54) is 36.8 Å². The Hall–Kier alpha value is -2.94. The van der Waals surface area contributed by atoms with E-state index in [1.54, 1.807) is 18.2 Å². The Morgan fingerprint density at radius 3 is 2.26 bits per heavy atom. The first-order chi connectivity index (χ1) is 16.5. The van der Waals surface area contributed by atoms with Crippen LogP contribution in [0.2, 0.25) is 0 Å². The van der Waals surface area contributed by atoms with E-state index < -0.39 is 11.6 Å². The molecular weight excluding hydrogens is 426 g/mol. The van der Waals surface area contributed by atoms with Crippen molar-refractivity contribution in [2.24, 2.45) is 5.92 Å². The van der Waals surface area contributed by atoms with Crippen LogP contribution in [0.1, 0.15) is 75.0 Å². The molecule has 1 atom stereocenters. The normalized spacial score (nSPS) is 19.8. The average molecular weight is 461 g/mol. The summed E-state index contributed by atoms with van der Waals surface area (Å²) in [5, 5.41) is 0.920. The van der Waals surface area contributed by atoms with Crippen LogP contribution in [0.15, 0.2) is 72.8 Å². The van der Waals surface area contributed by atoms with Gasteiger partial charge in [0.15, 0.2) is 11.6 Å². The maximum atomic E-state index is 14.9. The highest BCUT2D eigenvalue weighted by Gasteiger charge is 2.21. The Labute approximate surface area is 202 Å². The Bertz CT molecular complexity index is 1170. The minimum Gasteiger partial charge on any atom is -0.486 e. The summed E-state index contributed by atoms with van der Waals surface area (Å²) < 4.78 is 34.8. The van der Waals surface area contributed by atoms with Gasteiger partial charge in [-0.05, 0) is 85.6 Å². The SMILES string of the molecule is C/C=C/COc1cc2ccc(C(C)c3ccc(C4CCC(/C=C/C)CC4)cc3)cc2c(F)c1F. The number of halogens is 2. The van der Waals surface area contributed by atoms with Gasteiger partial charge in [-0.3, -0.25) is 0 Å². The van der Waals surface area contributed by atoms with E-state index in [0.717, 1.165) is 11.5 Å². The van der Waals surface area contributed by atoms with Crippen molar-refractivity contribution < 1.29 is 13.5 Å². The third-order valence-electron chi connectivity index (χ3n) is 7.22. The molecule has 1 nitrogen and oxygen atoms in total. The molecule has 0 N–H and O–H groups in total. The zero-order chi connectivity index (χ0) is 24.1. The van der Waals surface area contributed by atoms with E-state index in [0.29, 0.717) is 11.3 Å². The van der Waals surface area contributed by atoms with Crippen molar-refractivity contribution >= 4 is 10.8 Å². The maximum Gasteiger partial charge on any atom is 0.201 e. The molecule has 1 aliphatic rings. The molecule has 1 unspecified atom stereocenters. The summed E-state index contributed by atoms with van der Waals surface area (Å²) in [5.41, 5.74) is 3.55. The van der Waals surface area contributed by atoms with Crippen LogP contribution in [0.5, 0.6) is 5.75 Å². The minimum absolute atomic E-state index is 0.0563. The number of hydrogen-bond donors (Lipinski definition) is 0. The van der Waals surface area contributed by atoms with Gasteiger partial charge in [0.2, 0.25) is 5.82 Å². The second-order valence-corrected chi connectivity index (χ2v) is 9.39. The molecule has 3 aromatic rings. The van der Waals surface area contributed by atoms with Gasteiger partial charge in [-0.2, -0.15) is 4.39 Å². The molecule has 3 aromatic carbocycles. The molecule has 178 valence electrons. The van der Waals surface area contributed by atoms with Crippen LogP contribution in [0.3, 0.4) is 0 Å². The van der Waals surface area contributed by atoms with Crippen LogP contribution >= 0.6 is 0 Å². The average Bonchev–Trinajstić information content (AvgIpc) is 2.87. The molecule has 0 bridgehead atoms. The van der Waals surface area contributed by atoms with Crippen molar-refractivity contribution in [2.45, 2.75) is 58.3 Å². The van der Waals surface area contributed by atoms with Gasteiger partial charge in [-0.25, -0.2) is 4.39 Å². The topological polar surface area (TPSA) is 9.23 Å². The summed E-state index contributed by atoms with van der Waals surface area (Å²) in [6, 6.07) is 16.1. The van der Waals surface area contributed by atoms with Gasteiger partial charge in [0.1, 0.15) is 6.61 Å². The first-order valence-corrected chi connectivity index (χ1v) is 12.4. The minimum atomic E-state index is -0.935. The number of rotatable bonds is 7. The lowest BCUT2D eigenvalue weighted by molar-refractivity contribution is 0.334. The lowest BCUT2D eigenvalue weighted by Crippen LogP contribution is -2.11. The van der Waals surface area contributed by atoms with Crippen molar-refractivity contribution in [3.05, 3.63) is 101 Å². The van der Waals surface area contributed by atoms with Crippen LogP contribution < -0.4 is 4.74 Å². The highest BCUT2D eigenvalue weighted by molar-refractivity contribution is 5.85. The van der Waals surface area contributed by atoms with E-state index in [-0.39, 0.29) is 23.7 Å². The van der Waals surface area contributed by atoms with Crippen molar-refractivity contribution in [1.29, 1.82) is 0 Å². The molecular formula is C31H34F2O. The van der Waals surface area contributed by atoms with E-state index in [1.807, 2.05) is 25.1 Å². The third-order valence-corrected chi connectivity index (χ3v) is 7.22. The number of benzene rings is 3.